The van der Waals surface area contributed by atoms with Crippen molar-refractivity contribution in [1.29, 1.82) is 0 Å². The molecular formula is C7H11N3O3S. The Bertz CT molecular complexity index is 425. The summed E-state index contributed by atoms with van der Waals surface area (Å²) in [7, 11) is -2.86. The highest BCUT2D eigenvalue weighted by Gasteiger charge is 2.28. The predicted molar refractivity (Wildman–Crippen MR) is 49.7 cm³/mol. The minimum absolute atomic E-state index is 0.0974. The third-order valence-electron chi connectivity index (χ3n) is 2.09. The molecular weight excluding hydrogens is 206 g/mol. The topological polar surface area (TPSA) is 85.1 Å². The van der Waals surface area contributed by atoms with Gasteiger partial charge in [0, 0.05) is 6.04 Å². The highest BCUT2D eigenvalue weighted by molar-refractivity contribution is 7.91. The molecule has 14 heavy (non-hydrogen) atoms. The fourth-order valence-corrected chi connectivity index (χ4v) is 3.11. The minimum atomic E-state index is -2.86. The van der Waals surface area contributed by atoms with Gasteiger partial charge in [-0.15, -0.1) is 0 Å². The molecule has 1 fully saturated rings. The molecule has 0 aromatic carbocycles. The number of anilines is 1. The maximum Gasteiger partial charge on any atom is 0.321 e. The second-order valence-electron chi connectivity index (χ2n) is 3.39. The van der Waals surface area contributed by atoms with Crippen molar-refractivity contribution in [2.45, 2.75) is 19.4 Å². The summed E-state index contributed by atoms with van der Waals surface area (Å²) in [6.07, 6.45) is 0.601. The minimum Gasteiger partial charge on any atom is -0.334 e. The number of aryl methyl sites for hydroxylation is 1. The zero-order chi connectivity index (χ0) is 10.2. The Labute approximate surface area is 81.6 Å². The number of rotatable bonds is 2. The molecule has 0 bridgehead atoms. The largest absolute Gasteiger partial charge is 0.334 e. The standard InChI is InChI=1S/C7H11N3O3S/c1-5-8-7(13-10-5)9-6-2-3-14(11,12)4-6/h6H,2-4H2,1H3,(H,8,9,10). The number of nitrogens with one attached hydrogen (secondary N) is 1. The fourth-order valence-electron chi connectivity index (χ4n) is 1.44. The second-order valence-corrected chi connectivity index (χ2v) is 5.62. The Morgan fingerprint density at radius 3 is 2.86 bits per heavy atom. The number of hydrogen-bond donors (Lipinski definition) is 1. The molecule has 0 aliphatic carbocycles. The summed E-state index contributed by atoms with van der Waals surface area (Å²) in [5.41, 5.74) is 0. The Morgan fingerprint density at radius 1 is 1.57 bits per heavy atom. The van der Waals surface area contributed by atoms with Gasteiger partial charge in [0.1, 0.15) is 0 Å². The molecule has 6 nitrogen and oxygen atoms in total. The van der Waals surface area contributed by atoms with Crippen LogP contribution in [-0.2, 0) is 9.84 Å². The molecule has 78 valence electrons. The van der Waals surface area contributed by atoms with Crippen LogP contribution in [0.5, 0.6) is 0 Å². The molecule has 2 heterocycles. The van der Waals surface area contributed by atoms with Gasteiger partial charge in [-0.3, -0.25) is 0 Å². The van der Waals surface area contributed by atoms with Crippen molar-refractivity contribution in [3.63, 3.8) is 0 Å². The number of sulfone groups is 1. The van der Waals surface area contributed by atoms with E-state index in [0.717, 1.165) is 0 Å². The lowest BCUT2D eigenvalue weighted by molar-refractivity contribution is 0.422. The first-order valence-electron chi connectivity index (χ1n) is 4.32. The second kappa shape index (κ2) is 3.23. The van der Waals surface area contributed by atoms with Gasteiger partial charge in [-0.05, 0) is 13.3 Å². The molecule has 7 heteroatoms. The van der Waals surface area contributed by atoms with Crippen molar-refractivity contribution in [3.8, 4) is 0 Å². The van der Waals surface area contributed by atoms with E-state index in [1.807, 2.05) is 0 Å². The Balaban J connectivity index is 2.00. The molecule has 0 amide bonds. The molecule has 1 aromatic heterocycles. The van der Waals surface area contributed by atoms with E-state index in [2.05, 4.69) is 15.5 Å². The summed E-state index contributed by atoms with van der Waals surface area (Å²) in [5, 5.41) is 6.49. The molecule has 0 spiro atoms. The van der Waals surface area contributed by atoms with Gasteiger partial charge < -0.3 is 9.84 Å². The third kappa shape index (κ3) is 2.03. The predicted octanol–water partition coefficient (Wildman–Crippen LogP) is -0.0230. The van der Waals surface area contributed by atoms with Crippen molar-refractivity contribution in [2.24, 2.45) is 0 Å². The Morgan fingerprint density at radius 2 is 2.36 bits per heavy atom. The summed E-state index contributed by atoms with van der Waals surface area (Å²) in [4.78, 5) is 3.94. The van der Waals surface area contributed by atoms with Gasteiger partial charge in [0.15, 0.2) is 15.7 Å². The summed E-state index contributed by atoms with van der Waals surface area (Å²) in [6, 6.07) is 0.199. The van der Waals surface area contributed by atoms with Crippen molar-refractivity contribution in [2.75, 3.05) is 16.8 Å². The van der Waals surface area contributed by atoms with E-state index < -0.39 is 9.84 Å². The average Bonchev–Trinajstić information content (AvgIpc) is 2.59. The Hall–Kier alpha value is -1.11. The van der Waals surface area contributed by atoms with Crippen LogP contribution < -0.4 is 5.32 Å². The zero-order valence-electron chi connectivity index (χ0n) is 7.73. The lowest BCUT2D eigenvalue weighted by atomic mass is 10.3. The fraction of sp³-hybridized carbons (Fsp3) is 0.714. The molecule has 0 saturated carbocycles. The van der Waals surface area contributed by atoms with Gasteiger partial charge in [-0.1, -0.05) is 5.16 Å². The highest BCUT2D eigenvalue weighted by atomic mass is 32.2. The van der Waals surface area contributed by atoms with Crippen LogP contribution in [0, 0.1) is 6.92 Å². The molecule has 1 aromatic rings. The highest BCUT2D eigenvalue weighted by Crippen LogP contribution is 2.15. The van der Waals surface area contributed by atoms with Crippen LogP contribution >= 0.6 is 0 Å². The molecule has 1 unspecified atom stereocenters. The summed E-state index contributed by atoms with van der Waals surface area (Å²) < 4.78 is 27.1. The van der Waals surface area contributed by atoms with Gasteiger partial charge >= 0.3 is 6.01 Å². The van der Waals surface area contributed by atoms with Crippen LogP contribution in [0.25, 0.3) is 0 Å². The van der Waals surface area contributed by atoms with Gasteiger partial charge in [0.05, 0.1) is 11.5 Å². The van der Waals surface area contributed by atoms with Crippen LogP contribution in [0.15, 0.2) is 4.52 Å². The molecule has 1 saturated heterocycles. The summed E-state index contributed by atoms with van der Waals surface area (Å²) >= 11 is 0. The van der Waals surface area contributed by atoms with E-state index in [-0.39, 0.29) is 17.5 Å². The van der Waals surface area contributed by atoms with Crippen LogP contribution in [0.2, 0.25) is 0 Å². The summed E-state index contributed by atoms with van der Waals surface area (Å²) in [6.45, 7) is 1.71. The van der Waals surface area contributed by atoms with E-state index >= 15 is 0 Å². The Kier molecular flexibility index (Phi) is 2.18. The van der Waals surface area contributed by atoms with Crippen LogP contribution in [0.4, 0.5) is 6.01 Å². The maximum atomic E-state index is 11.1. The van der Waals surface area contributed by atoms with Gasteiger partial charge in [0.25, 0.3) is 0 Å². The molecule has 1 aliphatic rings. The van der Waals surface area contributed by atoms with E-state index in [4.69, 9.17) is 4.52 Å². The maximum absolute atomic E-state index is 11.1. The SMILES string of the molecule is Cc1noc(NC2CCS(=O)(=O)C2)n1. The molecule has 2 rings (SSSR count). The van der Waals surface area contributed by atoms with E-state index in [1.54, 1.807) is 6.92 Å². The van der Waals surface area contributed by atoms with Crippen LogP contribution in [0.3, 0.4) is 0 Å². The molecule has 1 aliphatic heterocycles. The van der Waals surface area contributed by atoms with Crippen LogP contribution in [-0.4, -0.2) is 36.1 Å². The van der Waals surface area contributed by atoms with Gasteiger partial charge in [-0.25, -0.2) is 8.42 Å². The van der Waals surface area contributed by atoms with Crippen molar-refractivity contribution in [3.05, 3.63) is 5.82 Å². The monoisotopic (exact) mass is 217 g/mol. The summed E-state index contributed by atoms with van der Waals surface area (Å²) in [5.74, 6) is 0.917. The van der Waals surface area contributed by atoms with E-state index in [9.17, 15) is 8.42 Å². The normalized spacial score (nSPS) is 25.1. The first-order chi connectivity index (χ1) is 6.55. The van der Waals surface area contributed by atoms with Crippen molar-refractivity contribution in [1.82, 2.24) is 10.1 Å². The lowest BCUT2D eigenvalue weighted by Crippen LogP contribution is -2.20. The van der Waals surface area contributed by atoms with Crippen molar-refractivity contribution < 1.29 is 12.9 Å². The zero-order valence-corrected chi connectivity index (χ0v) is 8.54. The van der Waals surface area contributed by atoms with Crippen molar-refractivity contribution >= 4 is 15.9 Å². The number of aromatic nitrogens is 2. The first-order valence-corrected chi connectivity index (χ1v) is 6.14. The quantitative estimate of drug-likeness (QED) is 0.749. The molecule has 0 radical (unpaired) electrons. The van der Waals surface area contributed by atoms with E-state index in [1.165, 1.54) is 0 Å². The van der Waals surface area contributed by atoms with Gasteiger partial charge in [-0.2, -0.15) is 4.98 Å². The smallest absolute Gasteiger partial charge is 0.321 e. The van der Waals surface area contributed by atoms with Crippen LogP contribution in [0.1, 0.15) is 12.2 Å². The first kappa shape index (κ1) is 9.45. The van der Waals surface area contributed by atoms with E-state index in [0.29, 0.717) is 18.3 Å². The lowest BCUT2D eigenvalue weighted by Gasteiger charge is -2.05. The number of nitrogens with zero attached hydrogens (tertiary/aromatic N) is 2. The average molecular weight is 217 g/mol. The molecule has 1 atom stereocenters. The van der Waals surface area contributed by atoms with Gasteiger partial charge in [0.2, 0.25) is 0 Å². The number of hydrogen-bond acceptors (Lipinski definition) is 6. The molecule has 1 N–H and O–H groups in total. The third-order valence-corrected chi connectivity index (χ3v) is 3.86.